The zero-order chi connectivity index (χ0) is 18.4. The van der Waals surface area contributed by atoms with Gasteiger partial charge in [0.1, 0.15) is 5.82 Å². The maximum absolute atomic E-state index is 8.95. The molecule has 0 unspecified atom stereocenters. The lowest BCUT2D eigenvalue weighted by atomic mass is 10.2. The number of hydrogen-bond acceptors (Lipinski definition) is 6. The quantitative estimate of drug-likeness (QED) is 0.520. The number of rotatable bonds is 7. The minimum absolute atomic E-state index is 0.101. The molecule has 3 rings (SSSR count). The third-order valence-electron chi connectivity index (χ3n) is 3.49. The van der Waals surface area contributed by atoms with Crippen LogP contribution in [-0.4, -0.2) is 33.2 Å². The van der Waals surface area contributed by atoms with Crippen molar-refractivity contribution in [3.63, 3.8) is 0 Å². The largest absolute Gasteiger partial charge is 0.396 e. The summed E-state index contributed by atoms with van der Waals surface area (Å²) in [6.07, 6.45) is 4.05. The number of aliphatic hydroxyl groups is 1. The second-order valence-electron chi connectivity index (χ2n) is 5.46. The van der Waals surface area contributed by atoms with E-state index in [0.29, 0.717) is 34.8 Å². The minimum atomic E-state index is 0.101. The van der Waals surface area contributed by atoms with Crippen LogP contribution in [0.25, 0.3) is 11.3 Å². The molecule has 3 N–H and O–H groups in total. The summed E-state index contributed by atoms with van der Waals surface area (Å²) in [5, 5.41) is 16.2. The van der Waals surface area contributed by atoms with Gasteiger partial charge in [-0.2, -0.15) is 4.98 Å². The van der Waals surface area contributed by atoms with Crippen molar-refractivity contribution in [2.75, 3.05) is 23.8 Å². The van der Waals surface area contributed by atoms with Crippen molar-refractivity contribution in [2.45, 2.75) is 6.42 Å². The lowest BCUT2D eigenvalue weighted by Crippen LogP contribution is -2.08. The van der Waals surface area contributed by atoms with E-state index in [1.54, 1.807) is 24.5 Å². The summed E-state index contributed by atoms with van der Waals surface area (Å²) in [4.78, 5) is 13.1. The van der Waals surface area contributed by atoms with Crippen molar-refractivity contribution < 1.29 is 5.11 Å². The maximum atomic E-state index is 8.95. The molecule has 0 aliphatic carbocycles. The van der Waals surface area contributed by atoms with Crippen LogP contribution in [0.15, 0.2) is 48.8 Å². The second kappa shape index (κ2) is 8.80. The van der Waals surface area contributed by atoms with E-state index < -0.39 is 0 Å². The maximum Gasteiger partial charge on any atom is 0.225 e. The minimum Gasteiger partial charge on any atom is -0.396 e. The summed E-state index contributed by atoms with van der Waals surface area (Å²) in [5.74, 6) is 1.06. The Bertz CT molecular complexity index is 877. The molecule has 1 aromatic carbocycles. The van der Waals surface area contributed by atoms with E-state index in [4.69, 9.17) is 28.3 Å². The van der Waals surface area contributed by atoms with Crippen LogP contribution in [0.4, 0.5) is 17.5 Å². The van der Waals surface area contributed by atoms with Crippen LogP contribution in [0.1, 0.15) is 6.42 Å². The number of benzene rings is 1. The van der Waals surface area contributed by atoms with Crippen molar-refractivity contribution in [1.29, 1.82) is 0 Å². The van der Waals surface area contributed by atoms with Crippen LogP contribution >= 0.6 is 23.2 Å². The van der Waals surface area contributed by atoms with Gasteiger partial charge < -0.3 is 15.7 Å². The van der Waals surface area contributed by atoms with Gasteiger partial charge in [0.25, 0.3) is 0 Å². The fourth-order valence-corrected chi connectivity index (χ4v) is 2.55. The topological polar surface area (TPSA) is 83.0 Å². The highest BCUT2D eigenvalue weighted by molar-refractivity contribution is 6.42. The predicted molar refractivity (Wildman–Crippen MR) is 105 cm³/mol. The van der Waals surface area contributed by atoms with Crippen molar-refractivity contribution in [1.82, 2.24) is 15.0 Å². The van der Waals surface area contributed by atoms with Crippen LogP contribution in [0.5, 0.6) is 0 Å². The van der Waals surface area contributed by atoms with Crippen LogP contribution in [-0.2, 0) is 0 Å². The summed E-state index contributed by atoms with van der Waals surface area (Å²) in [5.41, 5.74) is 2.36. The Morgan fingerprint density at radius 2 is 1.92 bits per heavy atom. The normalized spacial score (nSPS) is 10.6. The molecule has 0 radical (unpaired) electrons. The fraction of sp³-hybridized carbons (Fsp3) is 0.167. The highest BCUT2D eigenvalue weighted by atomic mass is 35.5. The first-order valence-electron chi connectivity index (χ1n) is 8.02. The SMILES string of the molecule is OCCCNc1nc(Nc2ccc(Cl)c(Cl)c2)cc(-c2cccnc2)n1. The summed E-state index contributed by atoms with van der Waals surface area (Å²) in [6.45, 7) is 0.670. The van der Waals surface area contributed by atoms with E-state index in [0.717, 1.165) is 16.9 Å². The number of hydrogen-bond donors (Lipinski definition) is 3. The van der Waals surface area contributed by atoms with E-state index >= 15 is 0 Å². The molecule has 0 saturated heterocycles. The van der Waals surface area contributed by atoms with Crippen LogP contribution in [0.2, 0.25) is 10.0 Å². The molecule has 0 saturated carbocycles. The lowest BCUT2D eigenvalue weighted by molar-refractivity contribution is 0.292. The van der Waals surface area contributed by atoms with Gasteiger partial charge in [0, 0.05) is 42.9 Å². The van der Waals surface area contributed by atoms with Gasteiger partial charge in [-0.25, -0.2) is 4.98 Å². The number of aliphatic hydroxyl groups excluding tert-OH is 1. The fourth-order valence-electron chi connectivity index (χ4n) is 2.25. The Labute approximate surface area is 161 Å². The number of anilines is 3. The molecule has 26 heavy (non-hydrogen) atoms. The molecule has 0 fully saturated rings. The third kappa shape index (κ3) is 4.82. The average Bonchev–Trinajstić information content (AvgIpc) is 2.66. The summed E-state index contributed by atoms with van der Waals surface area (Å²) in [6, 6.07) is 10.9. The molecular formula is C18H17Cl2N5O. The Hall–Kier alpha value is -2.41. The van der Waals surface area contributed by atoms with Gasteiger partial charge >= 0.3 is 0 Å². The van der Waals surface area contributed by atoms with Gasteiger partial charge in [0.15, 0.2) is 0 Å². The highest BCUT2D eigenvalue weighted by Crippen LogP contribution is 2.28. The van der Waals surface area contributed by atoms with Crippen molar-refractivity contribution >= 4 is 40.7 Å². The molecule has 2 aromatic heterocycles. The first-order valence-corrected chi connectivity index (χ1v) is 8.77. The van der Waals surface area contributed by atoms with E-state index in [9.17, 15) is 0 Å². The monoisotopic (exact) mass is 389 g/mol. The first kappa shape index (κ1) is 18.4. The smallest absolute Gasteiger partial charge is 0.225 e. The Morgan fingerprint density at radius 3 is 2.65 bits per heavy atom. The summed E-state index contributed by atoms with van der Waals surface area (Å²) >= 11 is 12.0. The van der Waals surface area contributed by atoms with E-state index in [1.807, 2.05) is 24.3 Å². The van der Waals surface area contributed by atoms with Gasteiger partial charge in [0.05, 0.1) is 15.7 Å². The lowest BCUT2D eigenvalue weighted by Gasteiger charge is -2.11. The molecule has 0 atom stereocenters. The second-order valence-corrected chi connectivity index (χ2v) is 6.28. The number of nitrogens with zero attached hydrogens (tertiary/aromatic N) is 3. The van der Waals surface area contributed by atoms with Crippen molar-refractivity contribution in [3.05, 3.63) is 58.8 Å². The van der Waals surface area contributed by atoms with Gasteiger partial charge in [-0.1, -0.05) is 23.2 Å². The number of aromatic nitrogens is 3. The standard InChI is InChI=1S/C18H17Cl2N5O/c19-14-5-4-13(9-15(14)20)23-17-10-16(12-3-1-6-21-11-12)24-18(25-17)22-7-2-8-26/h1,3-6,9-11,26H,2,7-8H2,(H2,22,23,24,25). The third-order valence-corrected chi connectivity index (χ3v) is 4.23. The molecule has 3 aromatic rings. The molecule has 0 bridgehead atoms. The van der Waals surface area contributed by atoms with Crippen molar-refractivity contribution in [2.24, 2.45) is 0 Å². The molecule has 6 nitrogen and oxygen atoms in total. The molecule has 2 heterocycles. The first-order chi connectivity index (χ1) is 12.7. The molecule has 134 valence electrons. The van der Waals surface area contributed by atoms with Gasteiger partial charge in [-0.05, 0) is 36.8 Å². The molecule has 0 spiro atoms. The van der Waals surface area contributed by atoms with Crippen LogP contribution < -0.4 is 10.6 Å². The molecule has 0 amide bonds. The van der Waals surface area contributed by atoms with Crippen LogP contribution in [0, 0.1) is 0 Å². The number of pyridine rings is 1. The highest BCUT2D eigenvalue weighted by Gasteiger charge is 2.08. The van der Waals surface area contributed by atoms with Gasteiger partial charge in [0.2, 0.25) is 5.95 Å². The van der Waals surface area contributed by atoms with E-state index in [2.05, 4.69) is 25.6 Å². The Balaban J connectivity index is 1.91. The molecular weight excluding hydrogens is 373 g/mol. The Kier molecular flexibility index (Phi) is 6.22. The van der Waals surface area contributed by atoms with Gasteiger partial charge in [-0.15, -0.1) is 0 Å². The van der Waals surface area contributed by atoms with Crippen LogP contribution in [0.3, 0.4) is 0 Å². The van der Waals surface area contributed by atoms with Crippen molar-refractivity contribution in [3.8, 4) is 11.3 Å². The number of nitrogens with one attached hydrogen (secondary N) is 2. The zero-order valence-corrected chi connectivity index (χ0v) is 15.3. The molecule has 8 heteroatoms. The van der Waals surface area contributed by atoms with Gasteiger partial charge in [-0.3, -0.25) is 4.98 Å². The molecule has 0 aliphatic rings. The zero-order valence-electron chi connectivity index (χ0n) is 13.8. The summed E-state index contributed by atoms with van der Waals surface area (Å²) < 4.78 is 0. The predicted octanol–water partition coefficient (Wildman–Crippen LogP) is 4.38. The number of halogens is 2. The molecule has 0 aliphatic heterocycles. The van der Waals surface area contributed by atoms with E-state index in [1.165, 1.54) is 0 Å². The summed E-state index contributed by atoms with van der Waals surface area (Å²) in [7, 11) is 0. The van der Waals surface area contributed by atoms with E-state index in [-0.39, 0.29) is 6.61 Å². The average molecular weight is 390 g/mol. The Morgan fingerprint density at radius 1 is 1.04 bits per heavy atom.